The topological polar surface area (TPSA) is 49.9 Å². The Balaban J connectivity index is 1.33. The van der Waals surface area contributed by atoms with Crippen molar-refractivity contribution in [3.05, 3.63) is 66.2 Å². The summed E-state index contributed by atoms with van der Waals surface area (Å²) in [5.74, 6) is 1.09. The summed E-state index contributed by atoms with van der Waals surface area (Å²) in [4.78, 5) is 28.7. The molecule has 1 fully saturated rings. The number of hydrogen-bond acceptors (Lipinski definition) is 4. The van der Waals surface area contributed by atoms with Crippen molar-refractivity contribution in [2.75, 3.05) is 39.3 Å². The van der Waals surface area contributed by atoms with Crippen molar-refractivity contribution in [3.8, 4) is 5.75 Å². The molecule has 2 aromatic rings. The summed E-state index contributed by atoms with van der Waals surface area (Å²) >= 11 is 0. The molecule has 1 saturated heterocycles. The number of hydrogen-bond donors (Lipinski definition) is 0. The summed E-state index contributed by atoms with van der Waals surface area (Å²) in [5, 5.41) is 0. The van der Waals surface area contributed by atoms with Crippen molar-refractivity contribution >= 4 is 11.7 Å². The molecular weight excluding hydrogens is 340 g/mol. The molecule has 2 aromatic carbocycles. The van der Waals surface area contributed by atoms with E-state index in [1.165, 1.54) is 0 Å². The van der Waals surface area contributed by atoms with Crippen molar-refractivity contribution in [1.82, 2.24) is 9.80 Å². The number of carbonyl (C=O) groups is 2. The predicted octanol–water partition coefficient (Wildman–Crippen LogP) is 2.87. The van der Waals surface area contributed by atoms with Crippen LogP contribution in [0.4, 0.5) is 0 Å². The monoisotopic (exact) mass is 366 g/mol. The van der Waals surface area contributed by atoms with Crippen LogP contribution in [0.5, 0.6) is 5.75 Å². The molecular formula is C22H26N2O3. The van der Waals surface area contributed by atoms with Gasteiger partial charge in [0.15, 0.2) is 5.78 Å². The fraction of sp³-hybridized carbons (Fsp3) is 0.364. The minimum absolute atomic E-state index is 0.131. The Bertz CT molecular complexity index is 726. The van der Waals surface area contributed by atoms with Crippen molar-refractivity contribution < 1.29 is 14.3 Å². The zero-order valence-electron chi connectivity index (χ0n) is 15.5. The standard InChI is InChI=1S/C22H26N2O3/c25-21(19-7-3-1-4-8-19)11-13-23-14-16-24(17-15-23)22(26)12-18-27-20-9-5-2-6-10-20/h1-10H,11-18H2. The van der Waals surface area contributed by atoms with Crippen LogP contribution in [0.1, 0.15) is 23.2 Å². The second-order valence-electron chi connectivity index (χ2n) is 6.67. The van der Waals surface area contributed by atoms with E-state index in [0.29, 0.717) is 32.5 Å². The highest BCUT2D eigenvalue weighted by Gasteiger charge is 2.21. The Kier molecular flexibility index (Phi) is 6.99. The van der Waals surface area contributed by atoms with Crippen LogP contribution in [0.2, 0.25) is 0 Å². The normalized spacial score (nSPS) is 14.7. The number of carbonyl (C=O) groups excluding carboxylic acids is 2. The second-order valence-corrected chi connectivity index (χ2v) is 6.67. The Morgan fingerprint density at radius 3 is 2.11 bits per heavy atom. The number of para-hydroxylation sites is 1. The van der Waals surface area contributed by atoms with E-state index in [-0.39, 0.29) is 11.7 Å². The van der Waals surface area contributed by atoms with Gasteiger partial charge in [-0.25, -0.2) is 0 Å². The summed E-state index contributed by atoms with van der Waals surface area (Å²) in [6.07, 6.45) is 0.907. The van der Waals surface area contributed by atoms with Crippen LogP contribution in [0.3, 0.4) is 0 Å². The molecule has 142 valence electrons. The highest BCUT2D eigenvalue weighted by Crippen LogP contribution is 2.10. The van der Waals surface area contributed by atoms with Crippen LogP contribution in [0.15, 0.2) is 60.7 Å². The molecule has 27 heavy (non-hydrogen) atoms. The smallest absolute Gasteiger partial charge is 0.226 e. The first-order valence-corrected chi connectivity index (χ1v) is 9.48. The summed E-state index contributed by atoms with van der Waals surface area (Å²) in [5.41, 5.74) is 0.768. The minimum atomic E-state index is 0.131. The molecule has 3 rings (SSSR count). The minimum Gasteiger partial charge on any atom is -0.493 e. The van der Waals surface area contributed by atoms with Gasteiger partial charge in [-0.3, -0.25) is 14.5 Å². The van der Waals surface area contributed by atoms with E-state index in [9.17, 15) is 9.59 Å². The lowest BCUT2D eigenvalue weighted by Gasteiger charge is -2.34. The SMILES string of the molecule is O=C(CCN1CCN(C(=O)CCOc2ccccc2)CC1)c1ccccc1. The third-order valence-corrected chi connectivity index (χ3v) is 4.80. The molecule has 1 aliphatic heterocycles. The number of ether oxygens (including phenoxy) is 1. The molecule has 5 nitrogen and oxygen atoms in total. The van der Waals surface area contributed by atoms with Crippen LogP contribution >= 0.6 is 0 Å². The van der Waals surface area contributed by atoms with E-state index >= 15 is 0 Å². The summed E-state index contributed by atoms with van der Waals surface area (Å²) in [6, 6.07) is 19.0. The Labute approximate surface area is 160 Å². The first-order valence-electron chi connectivity index (χ1n) is 9.48. The lowest BCUT2D eigenvalue weighted by molar-refractivity contribution is -0.133. The molecule has 1 aliphatic rings. The highest BCUT2D eigenvalue weighted by molar-refractivity contribution is 5.96. The Hall–Kier alpha value is -2.66. The molecule has 5 heteroatoms. The van der Waals surface area contributed by atoms with Crippen LogP contribution in [0.25, 0.3) is 0 Å². The molecule has 0 spiro atoms. The molecule has 0 N–H and O–H groups in total. The van der Waals surface area contributed by atoms with Crippen molar-refractivity contribution in [2.45, 2.75) is 12.8 Å². The molecule has 1 amide bonds. The van der Waals surface area contributed by atoms with Crippen LogP contribution in [-0.4, -0.2) is 60.8 Å². The van der Waals surface area contributed by atoms with Gasteiger partial charge in [0.05, 0.1) is 13.0 Å². The fourth-order valence-electron chi connectivity index (χ4n) is 3.18. The van der Waals surface area contributed by atoms with E-state index in [0.717, 1.165) is 30.9 Å². The van der Waals surface area contributed by atoms with E-state index in [4.69, 9.17) is 4.74 Å². The molecule has 0 radical (unpaired) electrons. The van der Waals surface area contributed by atoms with Gasteiger partial charge < -0.3 is 9.64 Å². The van der Waals surface area contributed by atoms with Crippen molar-refractivity contribution in [2.24, 2.45) is 0 Å². The van der Waals surface area contributed by atoms with Gasteiger partial charge in [-0.1, -0.05) is 48.5 Å². The first kappa shape index (κ1) is 19.1. The van der Waals surface area contributed by atoms with Gasteiger partial charge in [-0.2, -0.15) is 0 Å². The number of nitrogens with zero attached hydrogens (tertiary/aromatic N) is 2. The van der Waals surface area contributed by atoms with Gasteiger partial charge in [-0.05, 0) is 12.1 Å². The lowest BCUT2D eigenvalue weighted by Crippen LogP contribution is -2.49. The van der Waals surface area contributed by atoms with Crippen LogP contribution in [-0.2, 0) is 4.79 Å². The maximum Gasteiger partial charge on any atom is 0.226 e. The number of amides is 1. The summed E-state index contributed by atoms with van der Waals surface area (Å²) in [7, 11) is 0. The predicted molar refractivity (Wildman–Crippen MR) is 105 cm³/mol. The number of Topliss-reactive ketones (excluding diaryl/α,β-unsaturated/α-hetero) is 1. The van der Waals surface area contributed by atoms with Gasteiger partial charge in [0.25, 0.3) is 0 Å². The average Bonchev–Trinajstić information content (AvgIpc) is 2.73. The zero-order chi connectivity index (χ0) is 18.9. The number of rotatable bonds is 8. The second kappa shape index (κ2) is 9.88. The zero-order valence-corrected chi connectivity index (χ0v) is 15.5. The van der Waals surface area contributed by atoms with Gasteiger partial charge in [0, 0.05) is 44.7 Å². The quantitative estimate of drug-likeness (QED) is 0.674. The van der Waals surface area contributed by atoms with Crippen molar-refractivity contribution in [1.29, 1.82) is 0 Å². The fourth-order valence-corrected chi connectivity index (χ4v) is 3.18. The molecule has 0 aliphatic carbocycles. The molecule has 0 bridgehead atoms. The van der Waals surface area contributed by atoms with E-state index in [1.54, 1.807) is 0 Å². The van der Waals surface area contributed by atoms with Crippen LogP contribution < -0.4 is 4.74 Å². The lowest BCUT2D eigenvalue weighted by atomic mass is 10.1. The number of benzene rings is 2. The highest BCUT2D eigenvalue weighted by atomic mass is 16.5. The molecule has 0 atom stereocenters. The Morgan fingerprint density at radius 1 is 0.815 bits per heavy atom. The van der Waals surface area contributed by atoms with Gasteiger partial charge >= 0.3 is 0 Å². The molecule has 0 saturated carbocycles. The van der Waals surface area contributed by atoms with Crippen molar-refractivity contribution in [3.63, 3.8) is 0 Å². The van der Waals surface area contributed by atoms with E-state index in [1.807, 2.05) is 65.6 Å². The first-order chi connectivity index (χ1) is 13.2. The largest absolute Gasteiger partial charge is 0.493 e. The van der Waals surface area contributed by atoms with E-state index in [2.05, 4.69) is 4.90 Å². The van der Waals surface area contributed by atoms with Gasteiger partial charge in [0.1, 0.15) is 5.75 Å². The summed E-state index contributed by atoms with van der Waals surface area (Å²) in [6.45, 7) is 4.19. The van der Waals surface area contributed by atoms with Gasteiger partial charge in [-0.15, -0.1) is 0 Å². The molecule has 1 heterocycles. The number of piperazine rings is 1. The third kappa shape index (κ3) is 5.93. The van der Waals surface area contributed by atoms with Gasteiger partial charge in [0.2, 0.25) is 5.91 Å². The average molecular weight is 366 g/mol. The maximum absolute atomic E-state index is 12.3. The summed E-state index contributed by atoms with van der Waals surface area (Å²) < 4.78 is 5.60. The molecule has 0 unspecified atom stereocenters. The van der Waals surface area contributed by atoms with E-state index < -0.39 is 0 Å². The number of ketones is 1. The molecule has 0 aromatic heterocycles. The Morgan fingerprint density at radius 2 is 1.44 bits per heavy atom. The van der Waals surface area contributed by atoms with Crippen LogP contribution in [0, 0.1) is 0 Å². The maximum atomic E-state index is 12.3. The third-order valence-electron chi connectivity index (χ3n) is 4.80.